The number of ether oxygens (including phenoxy) is 2. The topological polar surface area (TPSA) is 105 Å². The van der Waals surface area contributed by atoms with Crippen molar-refractivity contribution in [2.24, 2.45) is 0 Å². The van der Waals surface area contributed by atoms with E-state index in [1.165, 1.54) is 25.3 Å². The molecule has 2 N–H and O–H groups in total. The van der Waals surface area contributed by atoms with E-state index in [9.17, 15) is 14.4 Å². The zero-order valence-corrected chi connectivity index (χ0v) is 20.6. The molecule has 178 valence electrons. The van der Waals surface area contributed by atoms with Gasteiger partial charge in [0.2, 0.25) is 0 Å². The molecule has 0 radical (unpaired) electrons. The number of imide groups is 1. The van der Waals surface area contributed by atoms with Gasteiger partial charge >= 0.3 is 12.0 Å². The minimum absolute atomic E-state index is 0.0954. The fraction of sp³-hybridized carbons (Fsp3) is 0.0800. The zero-order valence-electron chi connectivity index (χ0n) is 18.2. The number of carboxylic acids is 1. The summed E-state index contributed by atoms with van der Waals surface area (Å²) in [6, 6.07) is 15.6. The Kier molecular flexibility index (Phi) is 7.09. The first kappa shape index (κ1) is 24.3. The molecule has 3 amide bonds. The van der Waals surface area contributed by atoms with Crippen LogP contribution < -0.4 is 19.7 Å². The molecule has 8 nitrogen and oxygen atoms in total. The second kappa shape index (κ2) is 10.2. The molecule has 10 heteroatoms. The number of rotatable bonds is 7. The molecule has 35 heavy (non-hydrogen) atoms. The third-order valence-electron chi connectivity index (χ3n) is 5.08. The summed E-state index contributed by atoms with van der Waals surface area (Å²) in [4.78, 5) is 37.5. The molecule has 1 heterocycles. The SMILES string of the molecule is COc1cc(/C=C2/NC(=O)N(c3ccc(Cl)cc3)C2=O)cc(Br)c1OCc1cccc(C(=O)O)c1. The smallest absolute Gasteiger partial charge is 0.335 e. The van der Waals surface area contributed by atoms with Crippen molar-refractivity contribution in [3.63, 3.8) is 0 Å². The quantitative estimate of drug-likeness (QED) is 0.294. The van der Waals surface area contributed by atoms with Gasteiger partial charge in [-0.3, -0.25) is 4.79 Å². The summed E-state index contributed by atoms with van der Waals surface area (Å²) >= 11 is 9.35. The number of carboxylic acid groups (broad SMARTS) is 1. The number of urea groups is 1. The summed E-state index contributed by atoms with van der Waals surface area (Å²) in [5.41, 5.74) is 1.91. The highest BCUT2D eigenvalue weighted by molar-refractivity contribution is 9.10. The fourth-order valence-electron chi connectivity index (χ4n) is 3.44. The van der Waals surface area contributed by atoms with Crippen LogP contribution in [0.3, 0.4) is 0 Å². The monoisotopic (exact) mass is 556 g/mol. The Morgan fingerprint density at radius 3 is 2.57 bits per heavy atom. The van der Waals surface area contributed by atoms with Gasteiger partial charge in [0.1, 0.15) is 12.3 Å². The van der Waals surface area contributed by atoms with Gasteiger partial charge in [-0.1, -0.05) is 23.7 Å². The Bertz CT molecular complexity index is 1360. The number of anilines is 1. The lowest BCUT2D eigenvalue weighted by Crippen LogP contribution is -2.30. The average molecular weight is 558 g/mol. The molecule has 0 bridgehead atoms. The highest BCUT2D eigenvalue weighted by Gasteiger charge is 2.34. The van der Waals surface area contributed by atoms with Crippen LogP contribution in [-0.2, 0) is 11.4 Å². The van der Waals surface area contributed by atoms with Crippen LogP contribution >= 0.6 is 27.5 Å². The Morgan fingerprint density at radius 2 is 1.89 bits per heavy atom. The number of hydrogen-bond donors (Lipinski definition) is 2. The number of methoxy groups -OCH3 is 1. The van der Waals surface area contributed by atoms with Gasteiger partial charge < -0.3 is 19.9 Å². The number of aromatic carboxylic acids is 1. The van der Waals surface area contributed by atoms with E-state index in [1.54, 1.807) is 48.5 Å². The first-order valence-electron chi connectivity index (χ1n) is 10.2. The lowest BCUT2D eigenvalue weighted by atomic mass is 10.1. The zero-order chi connectivity index (χ0) is 25.1. The maximum absolute atomic E-state index is 12.9. The highest BCUT2D eigenvalue weighted by atomic mass is 79.9. The van der Waals surface area contributed by atoms with Crippen LogP contribution in [0, 0.1) is 0 Å². The third kappa shape index (κ3) is 5.31. The minimum atomic E-state index is -1.02. The van der Waals surface area contributed by atoms with Crippen molar-refractivity contribution < 1.29 is 29.0 Å². The molecule has 0 spiro atoms. The summed E-state index contributed by atoms with van der Waals surface area (Å²) in [7, 11) is 1.47. The molecule has 0 aliphatic carbocycles. The predicted octanol–water partition coefficient (Wildman–Crippen LogP) is 5.49. The number of carbonyl (C=O) groups is 3. The molecule has 1 saturated heterocycles. The average Bonchev–Trinajstić information content (AvgIpc) is 3.11. The molecule has 3 aromatic rings. The third-order valence-corrected chi connectivity index (χ3v) is 5.92. The number of amides is 3. The van der Waals surface area contributed by atoms with Crippen LogP contribution in [0.25, 0.3) is 6.08 Å². The van der Waals surface area contributed by atoms with E-state index in [1.807, 2.05) is 0 Å². The van der Waals surface area contributed by atoms with Gasteiger partial charge in [0.15, 0.2) is 11.5 Å². The fourth-order valence-corrected chi connectivity index (χ4v) is 4.14. The van der Waals surface area contributed by atoms with Gasteiger partial charge in [-0.15, -0.1) is 0 Å². The molecule has 1 fully saturated rings. The van der Waals surface area contributed by atoms with Gasteiger partial charge in [0, 0.05) is 5.02 Å². The molecule has 0 atom stereocenters. The van der Waals surface area contributed by atoms with Crippen molar-refractivity contribution in [3.8, 4) is 11.5 Å². The van der Waals surface area contributed by atoms with Crippen molar-refractivity contribution in [1.82, 2.24) is 5.32 Å². The van der Waals surface area contributed by atoms with E-state index < -0.39 is 17.9 Å². The standard InChI is InChI=1S/C25H18BrClN2O6/c1-34-21-12-15(10-19(26)22(21)35-13-14-3-2-4-16(9-14)24(31)32)11-20-23(30)29(25(33)28-20)18-7-5-17(27)6-8-18/h2-12H,13H2,1H3,(H,28,33)(H,31,32)/b20-11+. The van der Waals surface area contributed by atoms with Gasteiger partial charge in [0.05, 0.1) is 22.8 Å². The summed E-state index contributed by atoms with van der Waals surface area (Å²) in [5, 5.41) is 12.2. The van der Waals surface area contributed by atoms with Crippen LogP contribution in [0.15, 0.2) is 70.8 Å². The van der Waals surface area contributed by atoms with Gasteiger partial charge in [-0.2, -0.15) is 0 Å². The maximum atomic E-state index is 12.9. The van der Waals surface area contributed by atoms with E-state index in [2.05, 4.69) is 21.2 Å². The van der Waals surface area contributed by atoms with E-state index in [0.29, 0.717) is 37.8 Å². The predicted molar refractivity (Wildman–Crippen MR) is 134 cm³/mol. The van der Waals surface area contributed by atoms with Crippen molar-refractivity contribution in [3.05, 3.63) is 92.5 Å². The lowest BCUT2D eigenvalue weighted by molar-refractivity contribution is -0.113. The molecule has 0 unspecified atom stereocenters. The summed E-state index contributed by atoms with van der Waals surface area (Å²) in [6.07, 6.45) is 1.53. The van der Waals surface area contributed by atoms with Crippen molar-refractivity contribution in [1.29, 1.82) is 0 Å². The van der Waals surface area contributed by atoms with E-state index in [-0.39, 0.29) is 17.9 Å². The largest absolute Gasteiger partial charge is 0.493 e. The second-order valence-corrected chi connectivity index (χ2v) is 8.72. The number of hydrogen-bond acceptors (Lipinski definition) is 5. The molecular weight excluding hydrogens is 540 g/mol. The van der Waals surface area contributed by atoms with Crippen molar-refractivity contribution >= 4 is 57.2 Å². The van der Waals surface area contributed by atoms with Crippen LogP contribution in [0.5, 0.6) is 11.5 Å². The molecular formula is C25H18BrClN2O6. The number of halogens is 2. The van der Waals surface area contributed by atoms with Crippen molar-refractivity contribution in [2.45, 2.75) is 6.61 Å². The Balaban J connectivity index is 1.56. The summed E-state index contributed by atoms with van der Waals surface area (Å²) in [6.45, 7) is 0.112. The Hall–Kier alpha value is -3.82. The maximum Gasteiger partial charge on any atom is 0.335 e. The van der Waals surface area contributed by atoms with E-state index >= 15 is 0 Å². The number of carbonyl (C=O) groups excluding carboxylic acids is 2. The number of benzene rings is 3. The number of nitrogens with one attached hydrogen (secondary N) is 1. The van der Waals surface area contributed by atoms with Crippen LogP contribution in [0.4, 0.5) is 10.5 Å². The summed E-state index contributed by atoms with van der Waals surface area (Å²) < 4.78 is 11.9. The lowest BCUT2D eigenvalue weighted by Gasteiger charge is -2.14. The summed E-state index contributed by atoms with van der Waals surface area (Å²) in [5.74, 6) is -0.746. The molecule has 1 aliphatic heterocycles. The van der Waals surface area contributed by atoms with Gasteiger partial charge in [0.25, 0.3) is 5.91 Å². The molecule has 0 aromatic heterocycles. The Morgan fingerprint density at radius 1 is 1.14 bits per heavy atom. The number of nitrogens with zero attached hydrogens (tertiary/aromatic N) is 1. The van der Waals surface area contributed by atoms with E-state index in [4.69, 9.17) is 26.2 Å². The molecule has 0 saturated carbocycles. The normalized spacial score (nSPS) is 14.3. The molecule has 1 aliphatic rings. The molecule has 3 aromatic carbocycles. The minimum Gasteiger partial charge on any atom is -0.493 e. The molecule has 4 rings (SSSR count). The highest BCUT2D eigenvalue weighted by Crippen LogP contribution is 2.38. The van der Waals surface area contributed by atoms with Gasteiger partial charge in [-0.05, 0) is 81.7 Å². The van der Waals surface area contributed by atoms with Gasteiger partial charge in [-0.25, -0.2) is 14.5 Å². The van der Waals surface area contributed by atoms with Crippen LogP contribution in [0.2, 0.25) is 5.02 Å². The van der Waals surface area contributed by atoms with Crippen molar-refractivity contribution in [2.75, 3.05) is 12.0 Å². The first-order chi connectivity index (χ1) is 16.8. The van der Waals surface area contributed by atoms with Crippen LogP contribution in [-0.4, -0.2) is 30.1 Å². The van der Waals surface area contributed by atoms with E-state index in [0.717, 1.165) is 4.90 Å². The first-order valence-corrected chi connectivity index (χ1v) is 11.4. The van der Waals surface area contributed by atoms with Crippen LogP contribution in [0.1, 0.15) is 21.5 Å². The Labute approximate surface area is 213 Å². The second-order valence-electron chi connectivity index (χ2n) is 7.43.